The van der Waals surface area contributed by atoms with Crippen molar-refractivity contribution in [3.8, 4) is 5.75 Å². The van der Waals surface area contributed by atoms with Crippen LogP contribution >= 0.6 is 15.9 Å². The molecule has 0 amide bonds. The fraction of sp³-hybridized carbons (Fsp3) is 0.100. The molecule has 0 aliphatic rings. The van der Waals surface area contributed by atoms with Gasteiger partial charge in [0.25, 0.3) is 0 Å². The standard InChI is InChI=1S/C20H18BrN7O/c1-29-18-5-3-2-4-17(18)26-19-16(21)10-23-20(27-19)25-15-8-6-14(7-9-15)11-28-13-22-12-24-28/h2-10,12-13H,11H2,1H3,(H2,23,25,26,27). The number of methoxy groups -OCH3 is 1. The molecule has 0 aliphatic carbocycles. The lowest BCUT2D eigenvalue weighted by atomic mass is 10.2. The molecule has 0 saturated carbocycles. The summed E-state index contributed by atoms with van der Waals surface area (Å²) in [6, 6.07) is 15.7. The minimum atomic E-state index is 0.481. The number of aromatic nitrogens is 5. The minimum Gasteiger partial charge on any atom is -0.495 e. The van der Waals surface area contributed by atoms with Crippen LogP contribution in [0.5, 0.6) is 5.75 Å². The molecule has 2 aromatic carbocycles. The summed E-state index contributed by atoms with van der Waals surface area (Å²) in [6.45, 7) is 0.669. The van der Waals surface area contributed by atoms with Crippen LogP contribution < -0.4 is 15.4 Å². The van der Waals surface area contributed by atoms with Gasteiger partial charge in [0.2, 0.25) is 5.95 Å². The Balaban J connectivity index is 1.48. The van der Waals surface area contributed by atoms with Gasteiger partial charge in [0.05, 0.1) is 23.8 Å². The first-order valence-electron chi connectivity index (χ1n) is 8.82. The lowest BCUT2D eigenvalue weighted by Crippen LogP contribution is -2.03. The van der Waals surface area contributed by atoms with Crippen LogP contribution in [0.15, 0.2) is 71.9 Å². The van der Waals surface area contributed by atoms with Gasteiger partial charge in [-0.15, -0.1) is 0 Å². The van der Waals surface area contributed by atoms with Crippen LogP contribution in [0.1, 0.15) is 5.56 Å². The summed E-state index contributed by atoms with van der Waals surface area (Å²) in [5.74, 6) is 1.85. The topological polar surface area (TPSA) is 89.8 Å². The zero-order valence-electron chi connectivity index (χ0n) is 15.6. The van der Waals surface area contributed by atoms with Gasteiger partial charge in [-0.2, -0.15) is 10.1 Å². The fourth-order valence-electron chi connectivity index (χ4n) is 2.71. The van der Waals surface area contributed by atoms with Gasteiger partial charge in [0, 0.05) is 11.9 Å². The molecule has 0 bridgehead atoms. The van der Waals surface area contributed by atoms with Crippen molar-refractivity contribution < 1.29 is 4.74 Å². The van der Waals surface area contributed by atoms with E-state index < -0.39 is 0 Å². The number of hydrogen-bond acceptors (Lipinski definition) is 7. The lowest BCUT2D eigenvalue weighted by Gasteiger charge is -2.13. The summed E-state index contributed by atoms with van der Waals surface area (Å²) < 4.78 is 7.91. The molecule has 2 heterocycles. The highest BCUT2D eigenvalue weighted by Gasteiger charge is 2.09. The van der Waals surface area contributed by atoms with Crippen LogP contribution in [0.3, 0.4) is 0 Å². The summed E-state index contributed by atoms with van der Waals surface area (Å²) in [5.41, 5.74) is 2.83. The Labute approximate surface area is 176 Å². The van der Waals surface area contributed by atoms with E-state index in [4.69, 9.17) is 4.74 Å². The van der Waals surface area contributed by atoms with E-state index in [1.807, 2.05) is 48.5 Å². The molecule has 9 heteroatoms. The first-order chi connectivity index (χ1) is 14.2. The Hall–Kier alpha value is -3.46. The van der Waals surface area contributed by atoms with Gasteiger partial charge < -0.3 is 15.4 Å². The third-order valence-electron chi connectivity index (χ3n) is 4.13. The molecular formula is C20H18BrN7O. The van der Waals surface area contributed by atoms with Gasteiger partial charge in [-0.25, -0.2) is 14.6 Å². The van der Waals surface area contributed by atoms with Crippen molar-refractivity contribution in [2.24, 2.45) is 0 Å². The van der Waals surface area contributed by atoms with Crippen molar-refractivity contribution in [2.45, 2.75) is 6.54 Å². The van der Waals surface area contributed by atoms with E-state index in [1.54, 1.807) is 24.3 Å². The highest BCUT2D eigenvalue weighted by atomic mass is 79.9. The molecular weight excluding hydrogens is 434 g/mol. The van der Waals surface area contributed by atoms with Crippen molar-refractivity contribution >= 4 is 39.1 Å². The number of para-hydroxylation sites is 2. The van der Waals surface area contributed by atoms with Crippen molar-refractivity contribution in [2.75, 3.05) is 17.7 Å². The maximum absolute atomic E-state index is 5.38. The van der Waals surface area contributed by atoms with E-state index in [0.717, 1.165) is 27.2 Å². The number of nitrogens with zero attached hydrogens (tertiary/aromatic N) is 5. The smallest absolute Gasteiger partial charge is 0.229 e. The Kier molecular flexibility index (Phi) is 5.66. The molecule has 2 aromatic heterocycles. The summed E-state index contributed by atoms with van der Waals surface area (Å²) in [7, 11) is 1.63. The van der Waals surface area contributed by atoms with Crippen LogP contribution in [0.4, 0.5) is 23.1 Å². The van der Waals surface area contributed by atoms with Crippen molar-refractivity contribution in [1.29, 1.82) is 0 Å². The van der Waals surface area contributed by atoms with Gasteiger partial charge in [0.15, 0.2) is 0 Å². The number of hydrogen-bond donors (Lipinski definition) is 2. The highest BCUT2D eigenvalue weighted by Crippen LogP contribution is 2.30. The monoisotopic (exact) mass is 451 g/mol. The first kappa shape index (κ1) is 18.9. The molecule has 2 N–H and O–H groups in total. The number of anilines is 4. The molecule has 4 rings (SSSR count). The van der Waals surface area contributed by atoms with Gasteiger partial charge >= 0.3 is 0 Å². The van der Waals surface area contributed by atoms with Gasteiger partial charge in [-0.1, -0.05) is 24.3 Å². The van der Waals surface area contributed by atoms with Gasteiger partial charge in [0.1, 0.15) is 24.2 Å². The van der Waals surface area contributed by atoms with Crippen molar-refractivity contribution in [1.82, 2.24) is 24.7 Å². The largest absolute Gasteiger partial charge is 0.495 e. The van der Waals surface area contributed by atoms with E-state index >= 15 is 0 Å². The maximum atomic E-state index is 5.38. The quantitative estimate of drug-likeness (QED) is 0.430. The maximum Gasteiger partial charge on any atom is 0.229 e. The molecule has 146 valence electrons. The zero-order valence-corrected chi connectivity index (χ0v) is 17.2. The molecule has 0 spiro atoms. The van der Waals surface area contributed by atoms with E-state index in [9.17, 15) is 0 Å². The lowest BCUT2D eigenvalue weighted by molar-refractivity contribution is 0.417. The zero-order chi connectivity index (χ0) is 20.1. The van der Waals surface area contributed by atoms with Gasteiger partial charge in [-0.05, 0) is 45.8 Å². The van der Waals surface area contributed by atoms with Crippen LogP contribution in [0.2, 0.25) is 0 Å². The SMILES string of the molecule is COc1ccccc1Nc1nc(Nc2ccc(Cn3cncn3)cc2)ncc1Br. The fourth-order valence-corrected chi connectivity index (χ4v) is 3.00. The molecule has 0 unspecified atom stereocenters. The first-order valence-corrected chi connectivity index (χ1v) is 9.61. The highest BCUT2D eigenvalue weighted by molar-refractivity contribution is 9.10. The third kappa shape index (κ3) is 4.69. The average Bonchev–Trinajstić information content (AvgIpc) is 3.25. The Morgan fingerprint density at radius 1 is 1.07 bits per heavy atom. The van der Waals surface area contributed by atoms with E-state index in [1.165, 1.54) is 6.33 Å². The van der Waals surface area contributed by atoms with E-state index in [0.29, 0.717) is 18.3 Å². The normalized spacial score (nSPS) is 10.6. The number of benzene rings is 2. The van der Waals surface area contributed by atoms with Crippen LogP contribution in [-0.2, 0) is 6.54 Å². The number of ether oxygens (including phenoxy) is 1. The average molecular weight is 452 g/mol. The van der Waals surface area contributed by atoms with Crippen molar-refractivity contribution in [3.63, 3.8) is 0 Å². The van der Waals surface area contributed by atoms with Crippen LogP contribution in [-0.4, -0.2) is 31.8 Å². The summed E-state index contributed by atoms with van der Waals surface area (Å²) in [6.07, 6.45) is 4.92. The van der Waals surface area contributed by atoms with E-state index in [-0.39, 0.29) is 0 Å². The summed E-state index contributed by atoms with van der Waals surface area (Å²) in [5, 5.41) is 10.6. The van der Waals surface area contributed by atoms with Crippen LogP contribution in [0.25, 0.3) is 0 Å². The third-order valence-corrected chi connectivity index (χ3v) is 4.71. The minimum absolute atomic E-state index is 0.481. The molecule has 0 atom stereocenters. The molecule has 4 aromatic rings. The molecule has 0 fully saturated rings. The van der Waals surface area contributed by atoms with Crippen LogP contribution in [0, 0.1) is 0 Å². The second-order valence-corrected chi connectivity index (χ2v) is 6.98. The van der Waals surface area contributed by atoms with Crippen molar-refractivity contribution in [3.05, 3.63) is 77.4 Å². The predicted octanol–water partition coefficient (Wildman–Crippen LogP) is 4.37. The molecule has 29 heavy (non-hydrogen) atoms. The molecule has 8 nitrogen and oxygen atoms in total. The van der Waals surface area contributed by atoms with E-state index in [2.05, 4.69) is 46.6 Å². The summed E-state index contributed by atoms with van der Waals surface area (Å²) >= 11 is 3.49. The molecule has 0 aliphatic heterocycles. The summed E-state index contributed by atoms with van der Waals surface area (Å²) in [4.78, 5) is 12.9. The number of rotatable bonds is 7. The van der Waals surface area contributed by atoms with Gasteiger partial charge in [-0.3, -0.25) is 0 Å². The molecule has 0 saturated heterocycles. The molecule has 0 radical (unpaired) electrons. The predicted molar refractivity (Wildman–Crippen MR) is 115 cm³/mol. The number of halogens is 1. The Bertz CT molecular complexity index is 1080. The second-order valence-electron chi connectivity index (χ2n) is 6.13. The number of nitrogens with one attached hydrogen (secondary N) is 2. The Morgan fingerprint density at radius 3 is 2.66 bits per heavy atom. The second kappa shape index (κ2) is 8.70. The Morgan fingerprint density at radius 2 is 1.90 bits per heavy atom.